The van der Waals surface area contributed by atoms with Crippen LogP contribution in [0.2, 0.25) is 0 Å². The zero-order chi connectivity index (χ0) is 10.8. The van der Waals surface area contributed by atoms with Crippen LogP contribution < -0.4 is 5.73 Å². The van der Waals surface area contributed by atoms with Crippen molar-refractivity contribution >= 4 is 17.7 Å². The second-order valence-corrected chi connectivity index (χ2v) is 3.20. The first-order chi connectivity index (χ1) is 7.18. The van der Waals surface area contributed by atoms with E-state index in [9.17, 15) is 4.79 Å². The molecule has 0 saturated heterocycles. The van der Waals surface area contributed by atoms with Crippen LogP contribution in [0.15, 0.2) is 35.3 Å². The molecule has 5 heteroatoms. The standard InChI is InChI=1S/C10H10N4O/c11-8-9(12)14(10(15)13-8)6-7-4-2-1-3-5-7/h1-5,12H,6H2,(H2,11,13,15). The number of benzene rings is 1. The van der Waals surface area contributed by atoms with Crippen LogP contribution in [0.25, 0.3) is 0 Å². The van der Waals surface area contributed by atoms with Crippen LogP contribution in [-0.4, -0.2) is 22.6 Å². The lowest BCUT2D eigenvalue weighted by Crippen LogP contribution is -2.34. The first-order valence-electron chi connectivity index (χ1n) is 4.47. The molecule has 0 aliphatic carbocycles. The zero-order valence-electron chi connectivity index (χ0n) is 7.97. The Balaban J connectivity index is 2.15. The number of urea groups is 1. The molecule has 1 aliphatic rings. The Morgan fingerprint density at radius 1 is 1.33 bits per heavy atom. The Hall–Kier alpha value is -2.17. The van der Waals surface area contributed by atoms with Crippen LogP contribution in [0.4, 0.5) is 4.79 Å². The van der Waals surface area contributed by atoms with Gasteiger partial charge in [-0.25, -0.2) is 4.79 Å². The number of carbonyl (C=O) groups is 1. The van der Waals surface area contributed by atoms with Gasteiger partial charge >= 0.3 is 6.03 Å². The largest absolute Gasteiger partial charge is 0.380 e. The van der Waals surface area contributed by atoms with Gasteiger partial charge in [0.1, 0.15) is 0 Å². The molecule has 2 rings (SSSR count). The van der Waals surface area contributed by atoms with Gasteiger partial charge in [0.25, 0.3) is 0 Å². The molecule has 0 aromatic heterocycles. The lowest BCUT2D eigenvalue weighted by molar-refractivity contribution is 0.231. The predicted molar refractivity (Wildman–Crippen MR) is 56.7 cm³/mol. The summed E-state index contributed by atoms with van der Waals surface area (Å²) in [6.07, 6.45) is 0. The number of rotatable bonds is 2. The number of aliphatic imine (C=N–C) groups is 1. The van der Waals surface area contributed by atoms with Crippen LogP contribution in [0.1, 0.15) is 5.56 Å². The average molecular weight is 202 g/mol. The molecule has 1 aliphatic heterocycles. The smallest absolute Gasteiger partial charge is 0.351 e. The van der Waals surface area contributed by atoms with E-state index in [1.165, 1.54) is 4.90 Å². The second-order valence-electron chi connectivity index (χ2n) is 3.20. The van der Waals surface area contributed by atoms with Crippen molar-refractivity contribution in [2.75, 3.05) is 0 Å². The minimum absolute atomic E-state index is 0.0177. The summed E-state index contributed by atoms with van der Waals surface area (Å²) in [5.41, 5.74) is 6.32. The molecular weight excluding hydrogens is 192 g/mol. The summed E-state index contributed by atoms with van der Waals surface area (Å²) in [6.45, 7) is 0.336. The summed E-state index contributed by atoms with van der Waals surface area (Å²) in [7, 11) is 0. The number of nitrogens with zero attached hydrogens (tertiary/aromatic N) is 2. The van der Waals surface area contributed by atoms with E-state index in [-0.39, 0.29) is 11.7 Å². The molecule has 0 fully saturated rings. The van der Waals surface area contributed by atoms with Crippen LogP contribution in [0, 0.1) is 5.41 Å². The Labute approximate surface area is 86.7 Å². The second kappa shape index (κ2) is 3.53. The lowest BCUT2D eigenvalue weighted by atomic mass is 10.2. The summed E-state index contributed by atoms with van der Waals surface area (Å²) in [4.78, 5) is 16.1. The average Bonchev–Trinajstić information content (AvgIpc) is 2.47. The molecule has 0 radical (unpaired) electrons. The van der Waals surface area contributed by atoms with Crippen molar-refractivity contribution in [2.24, 2.45) is 10.7 Å². The molecule has 3 N–H and O–H groups in total. The van der Waals surface area contributed by atoms with E-state index < -0.39 is 6.03 Å². The highest BCUT2D eigenvalue weighted by Gasteiger charge is 2.27. The molecule has 0 unspecified atom stereocenters. The van der Waals surface area contributed by atoms with E-state index in [0.717, 1.165) is 5.56 Å². The van der Waals surface area contributed by atoms with E-state index in [1.807, 2.05) is 30.3 Å². The summed E-state index contributed by atoms with van der Waals surface area (Å²) >= 11 is 0. The highest BCUT2D eigenvalue weighted by molar-refractivity contribution is 6.45. The van der Waals surface area contributed by atoms with Gasteiger partial charge in [0.2, 0.25) is 0 Å². The van der Waals surface area contributed by atoms with Gasteiger partial charge in [-0.2, -0.15) is 4.99 Å². The minimum Gasteiger partial charge on any atom is -0.380 e. The van der Waals surface area contributed by atoms with Crippen molar-refractivity contribution in [1.82, 2.24) is 4.90 Å². The third-order valence-corrected chi connectivity index (χ3v) is 2.14. The van der Waals surface area contributed by atoms with Crippen molar-refractivity contribution in [3.8, 4) is 0 Å². The van der Waals surface area contributed by atoms with Crippen molar-refractivity contribution in [3.63, 3.8) is 0 Å². The van der Waals surface area contributed by atoms with Gasteiger partial charge in [-0.3, -0.25) is 10.3 Å². The first-order valence-corrected chi connectivity index (χ1v) is 4.47. The molecule has 2 amide bonds. The Bertz CT molecular complexity index is 438. The first kappa shape index (κ1) is 9.39. The third-order valence-electron chi connectivity index (χ3n) is 2.14. The van der Waals surface area contributed by atoms with Crippen molar-refractivity contribution in [1.29, 1.82) is 5.41 Å². The Morgan fingerprint density at radius 3 is 2.53 bits per heavy atom. The molecule has 5 nitrogen and oxygen atoms in total. The molecule has 0 bridgehead atoms. The number of amides is 2. The van der Waals surface area contributed by atoms with Gasteiger partial charge in [-0.15, -0.1) is 0 Å². The molecule has 0 saturated carbocycles. The van der Waals surface area contributed by atoms with Crippen LogP contribution in [-0.2, 0) is 6.54 Å². The normalized spacial score (nSPS) is 15.7. The van der Waals surface area contributed by atoms with E-state index in [2.05, 4.69) is 4.99 Å². The highest BCUT2D eigenvalue weighted by atomic mass is 16.2. The maximum Gasteiger partial charge on any atom is 0.351 e. The monoisotopic (exact) mass is 202 g/mol. The predicted octanol–water partition coefficient (Wildman–Crippen LogP) is 0.957. The van der Waals surface area contributed by atoms with Gasteiger partial charge in [0, 0.05) is 0 Å². The molecule has 0 spiro atoms. The van der Waals surface area contributed by atoms with Gasteiger partial charge < -0.3 is 5.73 Å². The number of carbonyl (C=O) groups excluding carboxylic acids is 1. The van der Waals surface area contributed by atoms with Gasteiger partial charge in [-0.1, -0.05) is 30.3 Å². The fourth-order valence-corrected chi connectivity index (χ4v) is 1.36. The number of hydrogen-bond donors (Lipinski definition) is 2. The van der Waals surface area contributed by atoms with Crippen molar-refractivity contribution < 1.29 is 4.79 Å². The third kappa shape index (κ3) is 1.71. The summed E-state index contributed by atoms with van der Waals surface area (Å²) in [5, 5.41) is 7.54. The van der Waals surface area contributed by atoms with Crippen LogP contribution >= 0.6 is 0 Å². The van der Waals surface area contributed by atoms with E-state index in [0.29, 0.717) is 6.54 Å². The fourth-order valence-electron chi connectivity index (χ4n) is 1.36. The van der Waals surface area contributed by atoms with Crippen molar-refractivity contribution in [2.45, 2.75) is 6.54 Å². The van der Waals surface area contributed by atoms with E-state index >= 15 is 0 Å². The van der Waals surface area contributed by atoms with Crippen LogP contribution in [0.3, 0.4) is 0 Å². The Kier molecular flexibility index (Phi) is 2.21. The van der Waals surface area contributed by atoms with E-state index in [1.54, 1.807) is 0 Å². The number of nitrogens with one attached hydrogen (secondary N) is 1. The van der Waals surface area contributed by atoms with Crippen molar-refractivity contribution in [3.05, 3.63) is 35.9 Å². The fraction of sp³-hybridized carbons (Fsp3) is 0.100. The van der Waals surface area contributed by atoms with Gasteiger partial charge in [0.05, 0.1) is 6.54 Å². The maximum atomic E-state index is 11.3. The number of amidine groups is 2. The Morgan fingerprint density at radius 2 is 2.00 bits per heavy atom. The SMILES string of the molecule is N=C1C(N)=NC(=O)N1Cc1ccccc1. The van der Waals surface area contributed by atoms with Crippen LogP contribution in [0.5, 0.6) is 0 Å². The highest BCUT2D eigenvalue weighted by Crippen LogP contribution is 2.10. The number of hydrogen-bond acceptors (Lipinski definition) is 3. The molecular formula is C10H10N4O. The van der Waals surface area contributed by atoms with E-state index in [4.69, 9.17) is 11.1 Å². The minimum atomic E-state index is -0.471. The molecule has 1 aromatic carbocycles. The molecule has 0 atom stereocenters. The summed E-state index contributed by atoms with van der Waals surface area (Å²) in [5.74, 6) is -0.0419. The zero-order valence-corrected chi connectivity index (χ0v) is 7.97. The molecule has 1 aromatic rings. The maximum absolute atomic E-state index is 11.3. The summed E-state index contributed by atoms with van der Waals surface area (Å²) < 4.78 is 0. The topological polar surface area (TPSA) is 82.5 Å². The molecule has 76 valence electrons. The number of nitrogens with two attached hydrogens (primary N) is 1. The molecule has 15 heavy (non-hydrogen) atoms. The summed E-state index contributed by atoms with van der Waals surface area (Å²) in [6, 6.07) is 8.95. The lowest BCUT2D eigenvalue weighted by Gasteiger charge is -2.14. The quantitative estimate of drug-likeness (QED) is 0.748. The molecule has 1 heterocycles. The van der Waals surface area contributed by atoms with Gasteiger partial charge in [-0.05, 0) is 5.56 Å². The van der Waals surface area contributed by atoms with Gasteiger partial charge in [0.15, 0.2) is 11.7 Å².